The molecular weight excluding hydrogens is 359 g/mol. The summed E-state index contributed by atoms with van der Waals surface area (Å²) in [5, 5.41) is 22.0. The number of amides is 1. The van der Waals surface area contributed by atoms with Crippen LogP contribution < -0.4 is 10.1 Å². The molecule has 1 saturated heterocycles. The van der Waals surface area contributed by atoms with E-state index in [1.54, 1.807) is 0 Å². The van der Waals surface area contributed by atoms with Gasteiger partial charge in [-0.15, -0.1) is 0 Å². The number of carbonyl (C=O) groups is 1. The van der Waals surface area contributed by atoms with E-state index in [1.165, 1.54) is 37.4 Å². The summed E-state index contributed by atoms with van der Waals surface area (Å²) in [6.07, 6.45) is -1.38. The van der Waals surface area contributed by atoms with Gasteiger partial charge in [-0.3, -0.25) is 4.79 Å². The van der Waals surface area contributed by atoms with Crippen LogP contribution in [0.1, 0.15) is 28.0 Å². The Morgan fingerprint density at radius 3 is 2.78 bits per heavy atom. The van der Waals surface area contributed by atoms with Gasteiger partial charge in [-0.1, -0.05) is 12.1 Å². The second-order valence-corrected chi connectivity index (χ2v) is 5.86. The number of aromatic nitrogens is 1. The van der Waals surface area contributed by atoms with Gasteiger partial charge in [0.05, 0.1) is 20.3 Å². The highest BCUT2D eigenvalue weighted by atomic mass is 19.1. The van der Waals surface area contributed by atoms with E-state index >= 15 is 0 Å². The van der Waals surface area contributed by atoms with Crippen LogP contribution in [0.2, 0.25) is 0 Å². The minimum Gasteiger partial charge on any atom is -0.503 e. The van der Waals surface area contributed by atoms with Gasteiger partial charge in [0, 0.05) is 12.6 Å². The molecule has 0 bridgehead atoms. The van der Waals surface area contributed by atoms with Crippen molar-refractivity contribution in [2.45, 2.75) is 18.9 Å². The molecule has 1 amide bonds. The molecule has 0 saturated carbocycles. The summed E-state index contributed by atoms with van der Waals surface area (Å²) < 4.78 is 28.9. The summed E-state index contributed by atoms with van der Waals surface area (Å²) in [6.45, 7) is 0.0880. The van der Waals surface area contributed by atoms with Gasteiger partial charge in [-0.25, -0.2) is 9.37 Å². The predicted octanol–water partition coefficient (Wildman–Crippen LogP) is 1.27. The summed E-state index contributed by atoms with van der Waals surface area (Å²) >= 11 is 0. The Kier molecular flexibility index (Phi) is 5.84. The van der Waals surface area contributed by atoms with E-state index in [2.05, 4.69) is 10.3 Å². The Hall–Kier alpha value is -2.75. The van der Waals surface area contributed by atoms with E-state index < -0.39 is 24.1 Å². The molecule has 2 heterocycles. The Morgan fingerprint density at radius 2 is 2.15 bits per heavy atom. The van der Waals surface area contributed by atoms with Crippen LogP contribution in [0.3, 0.4) is 0 Å². The molecule has 3 rings (SSSR count). The van der Waals surface area contributed by atoms with Gasteiger partial charge in [-0.2, -0.15) is 0 Å². The first kappa shape index (κ1) is 19.0. The van der Waals surface area contributed by atoms with E-state index in [-0.39, 0.29) is 42.7 Å². The lowest BCUT2D eigenvalue weighted by Gasteiger charge is -2.15. The molecule has 2 atom stereocenters. The van der Waals surface area contributed by atoms with Crippen LogP contribution in [0.5, 0.6) is 11.5 Å². The molecule has 3 N–H and O–H groups in total. The standard InChI is InChI=1S/C18H19FN2O6/c1-25-14-6-13(18-26-9-12(8-22)27-18)21-15(16(14)23)17(24)20-7-10-2-4-11(19)5-3-10/h2-6,12,18,22-23H,7-9H2,1H3,(H,20,24). The van der Waals surface area contributed by atoms with E-state index in [4.69, 9.17) is 19.3 Å². The third-order valence-corrected chi connectivity index (χ3v) is 3.97. The quantitative estimate of drug-likeness (QED) is 0.694. The van der Waals surface area contributed by atoms with Crippen molar-refractivity contribution in [3.8, 4) is 11.5 Å². The number of aliphatic hydroxyl groups excluding tert-OH is 1. The average Bonchev–Trinajstić information content (AvgIpc) is 3.17. The number of benzene rings is 1. The number of pyridine rings is 1. The highest BCUT2D eigenvalue weighted by molar-refractivity contribution is 5.95. The van der Waals surface area contributed by atoms with E-state index in [9.17, 15) is 14.3 Å². The topological polar surface area (TPSA) is 110 Å². The molecule has 1 fully saturated rings. The molecule has 144 valence electrons. The van der Waals surface area contributed by atoms with Crippen LogP contribution in [-0.4, -0.2) is 47.5 Å². The second kappa shape index (κ2) is 8.30. The fraction of sp³-hybridized carbons (Fsp3) is 0.333. The number of aliphatic hydroxyl groups is 1. The van der Waals surface area contributed by atoms with Gasteiger partial charge in [0.25, 0.3) is 5.91 Å². The van der Waals surface area contributed by atoms with Gasteiger partial charge >= 0.3 is 0 Å². The summed E-state index contributed by atoms with van der Waals surface area (Å²) in [7, 11) is 1.34. The van der Waals surface area contributed by atoms with Gasteiger partial charge in [0.15, 0.2) is 17.2 Å². The number of aromatic hydroxyl groups is 1. The fourth-order valence-corrected chi connectivity index (χ4v) is 2.54. The second-order valence-electron chi connectivity index (χ2n) is 5.86. The fourth-order valence-electron chi connectivity index (χ4n) is 2.54. The van der Waals surface area contributed by atoms with Crippen molar-refractivity contribution in [2.24, 2.45) is 0 Å². The average molecular weight is 378 g/mol. The van der Waals surface area contributed by atoms with Gasteiger partial charge < -0.3 is 29.7 Å². The van der Waals surface area contributed by atoms with Crippen molar-refractivity contribution in [3.05, 3.63) is 53.1 Å². The van der Waals surface area contributed by atoms with Crippen molar-refractivity contribution in [1.82, 2.24) is 10.3 Å². The van der Waals surface area contributed by atoms with Crippen LogP contribution in [0.15, 0.2) is 30.3 Å². The lowest BCUT2D eigenvalue weighted by molar-refractivity contribution is -0.0705. The number of nitrogens with zero attached hydrogens (tertiary/aromatic N) is 1. The zero-order valence-electron chi connectivity index (χ0n) is 14.5. The Morgan fingerprint density at radius 1 is 1.41 bits per heavy atom. The number of halogens is 1. The lowest BCUT2D eigenvalue weighted by Crippen LogP contribution is -2.25. The molecular formula is C18H19FN2O6. The Labute approximate surface area is 154 Å². The SMILES string of the molecule is COc1cc(C2OCC(CO)O2)nc(C(=O)NCc2ccc(F)cc2)c1O. The third-order valence-electron chi connectivity index (χ3n) is 3.97. The van der Waals surface area contributed by atoms with Crippen LogP contribution in [0.4, 0.5) is 4.39 Å². The van der Waals surface area contributed by atoms with Crippen LogP contribution >= 0.6 is 0 Å². The summed E-state index contributed by atoms with van der Waals surface area (Å²) in [4.78, 5) is 16.6. The number of hydrogen-bond donors (Lipinski definition) is 3. The van der Waals surface area contributed by atoms with Crippen molar-refractivity contribution >= 4 is 5.91 Å². The summed E-state index contributed by atoms with van der Waals surface area (Å²) in [6, 6.07) is 7.04. The van der Waals surface area contributed by atoms with Crippen LogP contribution in [-0.2, 0) is 16.0 Å². The normalized spacial score (nSPS) is 19.1. The Bertz CT molecular complexity index is 814. The van der Waals surface area contributed by atoms with Crippen molar-refractivity contribution in [3.63, 3.8) is 0 Å². The van der Waals surface area contributed by atoms with E-state index in [0.29, 0.717) is 5.56 Å². The maximum absolute atomic E-state index is 12.9. The highest BCUT2D eigenvalue weighted by Gasteiger charge is 2.30. The minimum atomic E-state index is -0.889. The lowest BCUT2D eigenvalue weighted by atomic mass is 10.2. The predicted molar refractivity (Wildman–Crippen MR) is 90.7 cm³/mol. The highest BCUT2D eigenvalue weighted by Crippen LogP contribution is 2.34. The van der Waals surface area contributed by atoms with Crippen LogP contribution in [0.25, 0.3) is 0 Å². The molecule has 2 unspecified atom stereocenters. The molecule has 9 heteroatoms. The maximum atomic E-state index is 12.9. The number of hydrogen-bond acceptors (Lipinski definition) is 7. The molecule has 0 radical (unpaired) electrons. The summed E-state index contributed by atoms with van der Waals surface area (Å²) in [5.41, 5.74) is 0.652. The van der Waals surface area contributed by atoms with Gasteiger partial charge in [0.1, 0.15) is 17.6 Å². The first-order valence-electron chi connectivity index (χ1n) is 8.20. The van der Waals surface area contributed by atoms with Gasteiger partial charge in [-0.05, 0) is 17.7 Å². The largest absolute Gasteiger partial charge is 0.503 e. The monoisotopic (exact) mass is 378 g/mol. The Balaban J connectivity index is 1.79. The maximum Gasteiger partial charge on any atom is 0.274 e. The summed E-state index contributed by atoms with van der Waals surface area (Å²) in [5.74, 6) is -1.41. The smallest absolute Gasteiger partial charge is 0.274 e. The molecule has 0 spiro atoms. The number of carbonyl (C=O) groups excluding carboxylic acids is 1. The van der Waals surface area contributed by atoms with Gasteiger partial charge in [0.2, 0.25) is 6.29 Å². The third kappa shape index (κ3) is 4.33. The molecule has 27 heavy (non-hydrogen) atoms. The number of rotatable bonds is 6. The van der Waals surface area contributed by atoms with Crippen molar-refractivity contribution in [2.75, 3.05) is 20.3 Å². The first-order chi connectivity index (χ1) is 13.0. The number of methoxy groups -OCH3 is 1. The number of ether oxygens (including phenoxy) is 3. The minimum absolute atomic E-state index is 0.0339. The van der Waals surface area contributed by atoms with Crippen molar-refractivity contribution < 1.29 is 33.6 Å². The van der Waals surface area contributed by atoms with E-state index in [0.717, 1.165) is 0 Å². The number of nitrogens with one attached hydrogen (secondary N) is 1. The molecule has 8 nitrogen and oxygen atoms in total. The molecule has 2 aromatic rings. The zero-order chi connectivity index (χ0) is 19.4. The molecule has 1 aromatic carbocycles. The zero-order valence-corrected chi connectivity index (χ0v) is 14.5. The van der Waals surface area contributed by atoms with E-state index in [1.807, 2.05) is 0 Å². The molecule has 0 aliphatic carbocycles. The van der Waals surface area contributed by atoms with Crippen LogP contribution in [0, 0.1) is 5.82 Å². The molecule has 1 aromatic heterocycles. The molecule has 1 aliphatic rings. The molecule has 1 aliphatic heterocycles. The van der Waals surface area contributed by atoms with Crippen molar-refractivity contribution in [1.29, 1.82) is 0 Å². The first-order valence-corrected chi connectivity index (χ1v) is 8.20.